The van der Waals surface area contributed by atoms with Gasteiger partial charge in [0, 0.05) is 25.4 Å². The summed E-state index contributed by atoms with van der Waals surface area (Å²) in [6.45, 7) is 0.816. The number of hydrogen-bond acceptors (Lipinski definition) is 6. The Kier molecular flexibility index (Phi) is 3.41. The van der Waals surface area contributed by atoms with E-state index in [0.717, 1.165) is 5.69 Å². The second-order valence-electron chi connectivity index (χ2n) is 3.28. The van der Waals surface area contributed by atoms with E-state index in [1.807, 2.05) is 0 Å². The minimum atomic E-state index is -1.04. The molecule has 0 aliphatic rings. The van der Waals surface area contributed by atoms with Gasteiger partial charge in [0.15, 0.2) is 0 Å². The number of aromatic carboxylic acids is 1. The fourth-order valence-corrected chi connectivity index (χ4v) is 1.31. The van der Waals surface area contributed by atoms with Crippen molar-refractivity contribution in [3.8, 4) is 0 Å². The highest BCUT2D eigenvalue weighted by Gasteiger charge is 2.10. The number of carboxylic acid groups (broad SMARTS) is 1. The van der Waals surface area contributed by atoms with Crippen molar-refractivity contribution in [2.24, 2.45) is 0 Å². The van der Waals surface area contributed by atoms with Crippen LogP contribution in [0.4, 0.5) is 0 Å². The summed E-state index contributed by atoms with van der Waals surface area (Å²) in [6, 6.07) is 1.73. The van der Waals surface area contributed by atoms with Gasteiger partial charge in [-0.2, -0.15) is 0 Å². The van der Waals surface area contributed by atoms with Crippen molar-refractivity contribution < 1.29 is 14.4 Å². The minimum Gasteiger partial charge on any atom is -0.478 e. The zero-order valence-corrected chi connectivity index (χ0v) is 8.83. The standard InChI is InChI=1S/C10H10N4O3/c15-10(16)8-4-12-6-13-9(8)5-11-3-7-1-2-17-14-7/h1-2,4,6,11H,3,5H2,(H,15,16). The predicted molar refractivity (Wildman–Crippen MR) is 56.0 cm³/mol. The number of nitrogens with zero attached hydrogens (tertiary/aromatic N) is 3. The maximum atomic E-state index is 10.9. The fourth-order valence-electron chi connectivity index (χ4n) is 1.31. The van der Waals surface area contributed by atoms with E-state index in [1.165, 1.54) is 18.8 Å². The molecule has 2 aromatic heterocycles. The summed E-state index contributed by atoms with van der Waals surface area (Å²) in [5.41, 5.74) is 1.28. The van der Waals surface area contributed by atoms with Gasteiger partial charge in [0.2, 0.25) is 0 Å². The zero-order chi connectivity index (χ0) is 12.1. The number of carboxylic acids is 1. The molecule has 0 aromatic carbocycles. The molecule has 7 heteroatoms. The molecule has 0 fully saturated rings. The second-order valence-corrected chi connectivity index (χ2v) is 3.28. The van der Waals surface area contributed by atoms with Gasteiger partial charge in [0.25, 0.3) is 0 Å². The third-order valence-electron chi connectivity index (χ3n) is 2.11. The number of nitrogens with one attached hydrogen (secondary N) is 1. The summed E-state index contributed by atoms with van der Waals surface area (Å²) in [5, 5.41) is 15.7. The van der Waals surface area contributed by atoms with Crippen LogP contribution in [0.3, 0.4) is 0 Å². The van der Waals surface area contributed by atoms with Crippen LogP contribution in [0.1, 0.15) is 21.7 Å². The zero-order valence-electron chi connectivity index (χ0n) is 8.83. The Morgan fingerprint density at radius 1 is 1.47 bits per heavy atom. The Morgan fingerprint density at radius 3 is 3.06 bits per heavy atom. The largest absolute Gasteiger partial charge is 0.478 e. The lowest BCUT2D eigenvalue weighted by atomic mass is 10.2. The third-order valence-corrected chi connectivity index (χ3v) is 2.11. The van der Waals surface area contributed by atoms with Gasteiger partial charge in [-0.3, -0.25) is 0 Å². The van der Waals surface area contributed by atoms with Crippen LogP contribution in [0.5, 0.6) is 0 Å². The molecule has 0 saturated carbocycles. The highest BCUT2D eigenvalue weighted by molar-refractivity contribution is 5.88. The first-order valence-corrected chi connectivity index (χ1v) is 4.89. The average Bonchev–Trinajstić information content (AvgIpc) is 2.82. The van der Waals surface area contributed by atoms with Crippen LogP contribution in [-0.4, -0.2) is 26.2 Å². The molecule has 0 unspecified atom stereocenters. The van der Waals surface area contributed by atoms with Gasteiger partial charge in [-0.25, -0.2) is 14.8 Å². The van der Waals surface area contributed by atoms with Gasteiger partial charge in [0.05, 0.1) is 11.4 Å². The van der Waals surface area contributed by atoms with Crippen LogP contribution in [0.25, 0.3) is 0 Å². The molecule has 0 aliphatic carbocycles. The molecule has 2 N–H and O–H groups in total. The monoisotopic (exact) mass is 234 g/mol. The molecule has 0 radical (unpaired) electrons. The quantitative estimate of drug-likeness (QED) is 0.774. The lowest BCUT2D eigenvalue weighted by Crippen LogP contribution is -2.17. The molecular weight excluding hydrogens is 224 g/mol. The molecule has 7 nitrogen and oxygen atoms in total. The van der Waals surface area contributed by atoms with E-state index < -0.39 is 5.97 Å². The second kappa shape index (κ2) is 5.17. The van der Waals surface area contributed by atoms with Gasteiger partial charge in [0.1, 0.15) is 18.2 Å². The summed E-state index contributed by atoms with van der Waals surface area (Å²) in [5.74, 6) is -1.04. The van der Waals surface area contributed by atoms with E-state index in [0.29, 0.717) is 18.8 Å². The predicted octanol–water partition coefficient (Wildman–Crippen LogP) is 0.453. The maximum absolute atomic E-state index is 10.9. The number of rotatable bonds is 5. The number of hydrogen-bond donors (Lipinski definition) is 2. The van der Waals surface area contributed by atoms with E-state index in [4.69, 9.17) is 5.11 Å². The Balaban J connectivity index is 1.97. The van der Waals surface area contributed by atoms with Crippen molar-refractivity contribution in [1.29, 1.82) is 0 Å². The van der Waals surface area contributed by atoms with Gasteiger partial charge in [-0.05, 0) is 0 Å². The number of carbonyl (C=O) groups is 1. The first-order valence-electron chi connectivity index (χ1n) is 4.89. The summed E-state index contributed by atoms with van der Waals surface area (Å²) in [7, 11) is 0. The normalized spacial score (nSPS) is 10.4. The molecule has 0 saturated heterocycles. The molecule has 0 spiro atoms. The van der Waals surface area contributed by atoms with Crippen LogP contribution in [0.2, 0.25) is 0 Å². The summed E-state index contributed by atoms with van der Waals surface area (Å²) in [4.78, 5) is 18.5. The summed E-state index contributed by atoms with van der Waals surface area (Å²) < 4.78 is 4.67. The molecular formula is C10H10N4O3. The lowest BCUT2D eigenvalue weighted by molar-refractivity contribution is 0.0694. The molecule has 2 aromatic rings. The van der Waals surface area contributed by atoms with Crippen molar-refractivity contribution in [2.75, 3.05) is 0 Å². The van der Waals surface area contributed by atoms with E-state index in [-0.39, 0.29) is 5.56 Å². The maximum Gasteiger partial charge on any atom is 0.339 e. The van der Waals surface area contributed by atoms with E-state index in [9.17, 15) is 4.79 Å². The highest BCUT2D eigenvalue weighted by atomic mass is 16.5. The molecule has 2 rings (SSSR count). The van der Waals surface area contributed by atoms with Crippen LogP contribution in [-0.2, 0) is 13.1 Å². The number of aromatic nitrogens is 3. The van der Waals surface area contributed by atoms with Crippen molar-refractivity contribution >= 4 is 5.97 Å². The first kappa shape index (κ1) is 11.2. The lowest BCUT2D eigenvalue weighted by Gasteiger charge is -2.04. The SMILES string of the molecule is O=C(O)c1cncnc1CNCc1ccon1. The first-order chi connectivity index (χ1) is 8.27. The van der Waals surface area contributed by atoms with Crippen molar-refractivity contribution in [3.63, 3.8) is 0 Å². The summed E-state index contributed by atoms with van der Waals surface area (Å²) >= 11 is 0. The summed E-state index contributed by atoms with van der Waals surface area (Å²) in [6.07, 6.45) is 4.08. The Labute approximate surface area is 96.5 Å². The van der Waals surface area contributed by atoms with E-state index in [2.05, 4.69) is 25.0 Å². The molecule has 0 amide bonds. The molecule has 2 heterocycles. The van der Waals surface area contributed by atoms with Crippen molar-refractivity contribution in [1.82, 2.24) is 20.4 Å². The van der Waals surface area contributed by atoms with Crippen LogP contribution < -0.4 is 5.32 Å². The molecule has 88 valence electrons. The van der Waals surface area contributed by atoms with Gasteiger partial charge in [-0.15, -0.1) is 0 Å². The third kappa shape index (κ3) is 2.85. The molecule has 0 bridgehead atoms. The highest BCUT2D eigenvalue weighted by Crippen LogP contribution is 2.03. The average molecular weight is 234 g/mol. The van der Waals surface area contributed by atoms with Crippen LogP contribution >= 0.6 is 0 Å². The minimum absolute atomic E-state index is 0.0974. The van der Waals surface area contributed by atoms with E-state index in [1.54, 1.807) is 6.07 Å². The van der Waals surface area contributed by atoms with Crippen molar-refractivity contribution in [2.45, 2.75) is 13.1 Å². The van der Waals surface area contributed by atoms with Crippen LogP contribution in [0, 0.1) is 0 Å². The topological polar surface area (TPSA) is 101 Å². The van der Waals surface area contributed by atoms with Gasteiger partial charge >= 0.3 is 5.97 Å². The van der Waals surface area contributed by atoms with Gasteiger partial charge in [-0.1, -0.05) is 5.16 Å². The Morgan fingerprint density at radius 2 is 2.35 bits per heavy atom. The van der Waals surface area contributed by atoms with Crippen molar-refractivity contribution in [3.05, 3.63) is 41.8 Å². The Hall–Kier alpha value is -2.28. The smallest absolute Gasteiger partial charge is 0.339 e. The molecule has 0 aliphatic heterocycles. The van der Waals surface area contributed by atoms with Gasteiger partial charge < -0.3 is 14.9 Å². The molecule has 17 heavy (non-hydrogen) atoms. The van der Waals surface area contributed by atoms with E-state index >= 15 is 0 Å². The van der Waals surface area contributed by atoms with Crippen LogP contribution in [0.15, 0.2) is 29.4 Å². The molecule has 0 atom stereocenters. The Bertz CT molecular complexity index is 498. The fraction of sp³-hybridized carbons (Fsp3) is 0.200.